The number of aromatic nitrogens is 2. The van der Waals surface area contributed by atoms with E-state index in [2.05, 4.69) is 99.8 Å². The van der Waals surface area contributed by atoms with Gasteiger partial charge in [0, 0.05) is 21.2 Å². The summed E-state index contributed by atoms with van der Waals surface area (Å²) in [7, 11) is 0. The van der Waals surface area contributed by atoms with E-state index in [4.69, 9.17) is 4.98 Å². The molecule has 0 aliphatic rings. The van der Waals surface area contributed by atoms with Gasteiger partial charge in [-0.1, -0.05) is 101 Å². The number of hydrogen-bond donors (Lipinski definition) is 1. The van der Waals surface area contributed by atoms with Crippen molar-refractivity contribution >= 4 is 26.7 Å². The second kappa shape index (κ2) is 7.10. The number of fused-ring (bicyclic) bond motifs is 1. The van der Waals surface area contributed by atoms with E-state index in [9.17, 15) is 0 Å². The quantitative estimate of drug-likeness (QED) is 0.322. The van der Waals surface area contributed by atoms with Crippen molar-refractivity contribution < 1.29 is 0 Å². The molecule has 0 saturated heterocycles. The van der Waals surface area contributed by atoms with Crippen LogP contribution in [0.25, 0.3) is 44.7 Å². The normalized spacial score (nSPS) is 11.0. The molecule has 0 bridgehead atoms. The molecule has 28 heavy (non-hydrogen) atoms. The molecule has 0 saturated carbocycles. The van der Waals surface area contributed by atoms with Gasteiger partial charge in [0.15, 0.2) is 0 Å². The third-order valence-electron chi connectivity index (χ3n) is 4.93. The van der Waals surface area contributed by atoms with Crippen LogP contribution in [-0.4, -0.2) is 9.97 Å². The highest BCUT2D eigenvalue weighted by atomic mass is 79.9. The standard InChI is InChI=1S/C25H17BrN2/c26-20-15-13-19(14-16-20)25-27-23(18-8-2-1-3-9-18)24(28-25)22-12-6-10-17-7-4-5-11-21(17)22/h1-16H,(H,27,28). The van der Waals surface area contributed by atoms with E-state index in [1.807, 2.05) is 18.2 Å². The molecule has 3 heteroatoms. The van der Waals surface area contributed by atoms with Crippen molar-refractivity contribution in [3.63, 3.8) is 0 Å². The van der Waals surface area contributed by atoms with Crippen LogP contribution < -0.4 is 0 Å². The minimum atomic E-state index is 0.870. The highest BCUT2D eigenvalue weighted by Crippen LogP contribution is 2.36. The number of halogens is 1. The zero-order valence-corrected chi connectivity index (χ0v) is 16.6. The lowest BCUT2D eigenvalue weighted by molar-refractivity contribution is 1.31. The van der Waals surface area contributed by atoms with Crippen LogP contribution in [-0.2, 0) is 0 Å². The number of hydrogen-bond acceptors (Lipinski definition) is 1. The van der Waals surface area contributed by atoms with E-state index < -0.39 is 0 Å². The van der Waals surface area contributed by atoms with Crippen LogP contribution in [0.3, 0.4) is 0 Å². The summed E-state index contributed by atoms with van der Waals surface area (Å²) < 4.78 is 1.06. The van der Waals surface area contributed by atoms with Gasteiger partial charge < -0.3 is 4.98 Å². The zero-order chi connectivity index (χ0) is 18.9. The third kappa shape index (κ3) is 3.04. The Balaban J connectivity index is 1.77. The first-order chi connectivity index (χ1) is 13.8. The number of imidazole rings is 1. The molecule has 0 amide bonds. The molecular formula is C25H17BrN2. The van der Waals surface area contributed by atoms with Crippen molar-refractivity contribution in [3.8, 4) is 33.9 Å². The maximum atomic E-state index is 4.99. The molecule has 1 N–H and O–H groups in total. The molecule has 0 atom stereocenters. The first kappa shape index (κ1) is 17.0. The minimum absolute atomic E-state index is 0.870. The fraction of sp³-hybridized carbons (Fsp3) is 0. The van der Waals surface area contributed by atoms with Crippen LogP contribution in [0.5, 0.6) is 0 Å². The van der Waals surface area contributed by atoms with Crippen LogP contribution >= 0.6 is 15.9 Å². The number of aromatic amines is 1. The number of nitrogens with zero attached hydrogens (tertiary/aromatic N) is 1. The van der Waals surface area contributed by atoms with Gasteiger partial charge in [-0.3, -0.25) is 0 Å². The Labute approximate surface area is 172 Å². The average molecular weight is 425 g/mol. The second-order valence-corrected chi connectivity index (χ2v) is 7.62. The van der Waals surface area contributed by atoms with E-state index in [1.54, 1.807) is 0 Å². The maximum Gasteiger partial charge on any atom is 0.138 e. The van der Waals surface area contributed by atoms with Gasteiger partial charge in [-0.25, -0.2) is 4.98 Å². The molecule has 2 nitrogen and oxygen atoms in total. The largest absolute Gasteiger partial charge is 0.337 e. The molecule has 0 unspecified atom stereocenters. The average Bonchev–Trinajstić information content (AvgIpc) is 3.20. The fourth-order valence-corrected chi connectivity index (χ4v) is 3.83. The van der Waals surface area contributed by atoms with Crippen molar-refractivity contribution in [2.75, 3.05) is 0 Å². The number of H-pyrrole nitrogens is 1. The van der Waals surface area contributed by atoms with Crippen molar-refractivity contribution in [3.05, 3.63) is 102 Å². The molecule has 0 spiro atoms. The van der Waals surface area contributed by atoms with E-state index in [1.165, 1.54) is 10.8 Å². The number of benzene rings is 4. The van der Waals surface area contributed by atoms with E-state index in [0.29, 0.717) is 0 Å². The Morgan fingerprint density at radius 1 is 0.643 bits per heavy atom. The Kier molecular flexibility index (Phi) is 4.30. The SMILES string of the molecule is Brc1ccc(-c2nc(-c3ccccc3)c(-c3cccc4ccccc34)[nH]2)cc1. The predicted octanol–water partition coefficient (Wildman–Crippen LogP) is 7.33. The van der Waals surface area contributed by atoms with Crippen LogP contribution in [0.15, 0.2) is 102 Å². The third-order valence-corrected chi connectivity index (χ3v) is 5.46. The summed E-state index contributed by atoms with van der Waals surface area (Å²) in [6, 6.07) is 33.5. The van der Waals surface area contributed by atoms with Crippen molar-refractivity contribution in [1.29, 1.82) is 0 Å². The highest BCUT2D eigenvalue weighted by Gasteiger charge is 2.16. The van der Waals surface area contributed by atoms with Gasteiger partial charge in [0.25, 0.3) is 0 Å². The van der Waals surface area contributed by atoms with Gasteiger partial charge >= 0.3 is 0 Å². The summed E-state index contributed by atoms with van der Waals surface area (Å²) >= 11 is 3.51. The van der Waals surface area contributed by atoms with Crippen molar-refractivity contribution in [2.45, 2.75) is 0 Å². The molecule has 4 aromatic carbocycles. The summed E-state index contributed by atoms with van der Waals surface area (Å²) in [5.74, 6) is 0.870. The minimum Gasteiger partial charge on any atom is -0.337 e. The van der Waals surface area contributed by atoms with E-state index in [-0.39, 0.29) is 0 Å². The van der Waals surface area contributed by atoms with Gasteiger partial charge in [-0.05, 0) is 22.9 Å². The molecule has 0 fully saturated rings. The molecule has 1 aromatic heterocycles. The predicted molar refractivity (Wildman–Crippen MR) is 120 cm³/mol. The van der Waals surface area contributed by atoms with Crippen LogP contribution in [0.4, 0.5) is 0 Å². The highest BCUT2D eigenvalue weighted by molar-refractivity contribution is 9.10. The summed E-state index contributed by atoms with van der Waals surface area (Å²) in [6.45, 7) is 0. The van der Waals surface area contributed by atoms with Gasteiger partial charge in [-0.2, -0.15) is 0 Å². The van der Waals surface area contributed by atoms with Crippen LogP contribution in [0.2, 0.25) is 0 Å². The topological polar surface area (TPSA) is 28.7 Å². The molecule has 0 aliphatic carbocycles. The van der Waals surface area contributed by atoms with Crippen molar-refractivity contribution in [1.82, 2.24) is 9.97 Å². The van der Waals surface area contributed by atoms with Gasteiger partial charge in [0.05, 0.1) is 11.4 Å². The second-order valence-electron chi connectivity index (χ2n) is 6.71. The van der Waals surface area contributed by atoms with Gasteiger partial charge in [0.2, 0.25) is 0 Å². The Bertz CT molecular complexity index is 1250. The molecule has 1 heterocycles. The van der Waals surface area contributed by atoms with Crippen molar-refractivity contribution in [2.24, 2.45) is 0 Å². The van der Waals surface area contributed by atoms with E-state index >= 15 is 0 Å². The Morgan fingerprint density at radius 3 is 2.18 bits per heavy atom. The monoisotopic (exact) mass is 424 g/mol. The zero-order valence-electron chi connectivity index (χ0n) is 15.1. The lowest BCUT2D eigenvalue weighted by atomic mass is 9.99. The number of nitrogens with one attached hydrogen (secondary N) is 1. The molecule has 5 rings (SSSR count). The summed E-state index contributed by atoms with van der Waals surface area (Å²) in [5.41, 5.74) is 5.33. The molecule has 134 valence electrons. The van der Waals surface area contributed by atoms with Gasteiger partial charge in [0.1, 0.15) is 5.82 Å². The molecule has 5 aromatic rings. The van der Waals surface area contributed by atoms with Crippen LogP contribution in [0, 0.1) is 0 Å². The lowest BCUT2D eigenvalue weighted by Gasteiger charge is -2.07. The van der Waals surface area contributed by atoms with E-state index in [0.717, 1.165) is 38.4 Å². The lowest BCUT2D eigenvalue weighted by Crippen LogP contribution is -1.85. The molecule has 0 radical (unpaired) electrons. The molecule has 0 aliphatic heterocycles. The smallest absolute Gasteiger partial charge is 0.138 e. The summed E-state index contributed by atoms with van der Waals surface area (Å²) in [4.78, 5) is 8.59. The first-order valence-corrected chi connectivity index (χ1v) is 9.98. The summed E-state index contributed by atoms with van der Waals surface area (Å²) in [6.07, 6.45) is 0. The Morgan fingerprint density at radius 2 is 1.36 bits per heavy atom. The van der Waals surface area contributed by atoms with Crippen LogP contribution in [0.1, 0.15) is 0 Å². The first-order valence-electron chi connectivity index (χ1n) is 9.19. The Hall–Kier alpha value is -3.17. The van der Waals surface area contributed by atoms with Gasteiger partial charge in [-0.15, -0.1) is 0 Å². The maximum absolute atomic E-state index is 4.99. The summed E-state index contributed by atoms with van der Waals surface area (Å²) in [5, 5.41) is 2.44. The molecular weight excluding hydrogens is 408 g/mol. The fourth-order valence-electron chi connectivity index (χ4n) is 3.56. The number of rotatable bonds is 3.